The first-order chi connectivity index (χ1) is 11.1. The normalized spacial score (nSPS) is 21.0. The highest BCUT2D eigenvalue weighted by Crippen LogP contribution is 2.29. The van der Waals surface area contributed by atoms with Crippen molar-refractivity contribution in [3.05, 3.63) is 58.5 Å². The number of morpholine rings is 1. The molecule has 0 spiro atoms. The summed E-state index contributed by atoms with van der Waals surface area (Å²) in [6.45, 7) is 3.22. The molecule has 0 saturated carbocycles. The van der Waals surface area contributed by atoms with E-state index in [9.17, 15) is 4.39 Å². The second-order valence-electron chi connectivity index (χ2n) is 5.50. The van der Waals surface area contributed by atoms with Gasteiger partial charge in [0.2, 0.25) is 0 Å². The van der Waals surface area contributed by atoms with Crippen molar-refractivity contribution in [2.45, 2.75) is 19.1 Å². The first-order valence-electron chi connectivity index (χ1n) is 7.29. The SMILES string of the molecule is CC1CN(c2ccc(Cl)c(C#N)n2)CC(c2ccc(F)cc2)O1. The van der Waals surface area contributed by atoms with Crippen molar-refractivity contribution in [3.8, 4) is 6.07 Å². The molecule has 2 unspecified atom stereocenters. The molecule has 0 bridgehead atoms. The lowest BCUT2D eigenvalue weighted by molar-refractivity contribution is -0.0176. The van der Waals surface area contributed by atoms with Crippen LogP contribution in [0.1, 0.15) is 24.3 Å². The van der Waals surface area contributed by atoms with Crippen molar-refractivity contribution in [2.24, 2.45) is 0 Å². The highest BCUT2D eigenvalue weighted by molar-refractivity contribution is 6.31. The molecule has 0 radical (unpaired) electrons. The van der Waals surface area contributed by atoms with E-state index in [1.807, 2.05) is 13.0 Å². The van der Waals surface area contributed by atoms with Crippen LogP contribution in [-0.4, -0.2) is 24.2 Å². The molecule has 23 heavy (non-hydrogen) atoms. The number of pyridine rings is 1. The Hall–Kier alpha value is -2.16. The molecule has 1 saturated heterocycles. The lowest BCUT2D eigenvalue weighted by Gasteiger charge is -2.37. The zero-order chi connectivity index (χ0) is 16.4. The zero-order valence-electron chi connectivity index (χ0n) is 12.5. The van der Waals surface area contributed by atoms with Gasteiger partial charge in [0.1, 0.15) is 23.8 Å². The van der Waals surface area contributed by atoms with E-state index in [4.69, 9.17) is 21.6 Å². The summed E-state index contributed by atoms with van der Waals surface area (Å²) in [4.78, 5) is 6.36. The van der Waals surface area contributed by atoms with Crippen LogP contribution in [0.25, 0.3) is 0 Å². The van der Waals surface area contributed by atoms with Gasteiger partial charge in [0.25, 0.3) is 0 Å². The summed E-state index contributed by atoms with van der Waals surface area (Å²) in [5.74, 6) is 0.417. The van der Waals surface area contributed by atoms with Gasteiger partial charge < -0.3 is 9.64 Å². The van der Waals surface area contributed by atoms with Crippen LogP contribution in [0.4, 0.5) is 10.2 Å². The largest absolute Gasteiger partial charge is 0.367 e. The summed E-state index contributed by atoms with van der Waals surface area (Å²) >= 11 is 5.94. The summed E-state index contributed by atoms with van der Waals surface area (Å²) < 4.78 is 19.1. The first kappa shape index (κ1) is 15.7. The van der Waals surface area contributed by atoms with Gasteiger partial charge in [0.15, 0.2) is 5.69 Å². The quantitative estimate of drug-likeness (QED) is 0.841. The average molecular weight is 332 g/mol. The van der Waals surface area contributed by atoms with Gasteiger partial charge in [-0.1, -0.05) is 23.7 Å². The van der Waals surface area contributed by atoms with Crippen LogP contribution < -0.4 is 4.90 Å². The molecule has 1 fully saturated rings. The second-order valence-corrected chi connectivity index (χ2v) is 5.91. The number of ether oxygens (including phenoxy) is 1. The molecule has 2 heterocycles. The minimum atomic E-state index is -0.271. The Bertz CT molecular complexity index is 744. The number of aromatic nitrogens is 1. The molecule has 1 aliphatic heterocycles. The third-order valence-electron chi connectivity index (χ3n) is 3.76. The van der Waals surface area contributed by atoms with Gasteiger partial charge >= 0.3 is 0 Å². The molecule has 1 aromatic heterocycles. The number of nitriles is 1. The van der Waals surface area contributed by atoms with E-state index >= 15 is 0 Å². The van der Waals surface area contributed by atoms with Crippen molar-refractivity contribution in [1.82, 2.24) is 4.98 Å². The number of halogens is 2. The third-order valence-corrected chi connectivity index (χ3v) is 4.07. The van der Waals surface area contributed by atoms with E-state index in [1.165, 1.54) is 12.1 Å². The van der Waals surface area contributed by atoms with Crippen molar-refractivity contribution in [3.63, 3.8) is 0 Å². The smallest absolute Gasteiger partial charge is 0.161 e. The molecule has 4 nitrogen and oxygen atoms in total. The molecular weight excluding hydrogens is 317 g/mol. The molecule has 1 aliphatic rings. The Balaban J connectivity index is 1.86. The van der Waals surface area contributed by atoms with Crippen molar-refractivity contribution in [2.75, 3.05) is 18.0 Å². The number of hydrogen-bond donors (Lipinski definition) is 0. The van der Waals surface area contributed by atoms with Gasteiger partial charge in [-0.05, 0) is 36.8 Å². The van der Waals surface area contributed by atoms with E-state index in [1.54, 1.807) is 24.3 Å². The van der Waals surface area contributed by atoms with Gasteiger partial charge in [0.05, 0.1) is 11.1 Å². The maximum Gasteiger partial charge on any atom is 0.161 e. The van der Waals surface area contributed by atoms with Gasteiger partial charge in [-0.25, -0.2) is 9.37 Å². The summed E-state index contributed by atoms with van der Waals surface area (Å²) in [5, 5.41) is 9.41. The van der Waals surface area contributed by atoms with E-state index < -0.39 is 0 Å². The first-order valence-corrected chi connectivity index (χ1v) is 7.67. The fourth-order valence-electron chi connectivity index (χ4n) is 2.69. The van der Waals surface area contributed by atoms with Crippen LogP contribution in [0.5, 0.6) is 0 Å². The maximum absolute atomic E-state index is 13.1. The fourth-order valence-corrected chi connectivity index (χ4v) is 2.83. The monoisotopic (exact) mass is 331 g/mol. The van der Waals surface area contributed by atoms with E-state index in [0.29, 0.717) is 23.9 Å². The van der Waals surface area contributed by atoms with Crippen LogP contribution >= 0.6 is 11.6 Å². The van der Waals surface area contributed by atoms with E-state index in [-0.39, 0.29) is 23.7 Å². The number of nitrogens with zero attached hydrogens (tertiary/aromatic N) is 3. The highest BCUT2D eigenvalue weighted by atomic mass is 35.5. The highest BCUT2D eigenvalue weighted by Gasteiger charge is 2.27. The molecule has 6 heteroatoms. The lowest BCUT2D eigenvalue weighted by atomic mass is 10.1. The van der Waals surface area contributed by atoms with Gasteiger partial charge in [-0.2, -0.15) is 5.26 Å². The van der Waals surface area contributed by atoms with Crippen LogP contribution in [0.2, 0.25) is 5.02 Å². The van der Waals surface area contributed by atoms with Gasteiger partial charge in [-0.15, -0.1) is 0 Å². The maximum atomic E-state index is 13.1. The van der Waals surface area contributed by atoms with Crippen LogP contribution in [0.3, 0.4) is 0 Å². The Labute approximate surface area is 139 Å². The lowest BCUT2D eigenvalue weighted by Crippen LogP contribution is -2.43. The molecule has 0 N–H and O–H groups in total. The molecule has 2 aromatic rings. The van der Waals surface area contributed by atoms with Gasteiger partial charge in [-0.3, -0.25) is 0 Å². The van der Waals surface area contributed by atoms with Crippen LogP contribution in [0, 0.1) is 17.1 Å². The van der Waals surface area contributed by atoms with E-state index in [2.05, 4.69) is 9.88 Å². The summed E-state index contributed by atoms with van der Waals surface area (Å²) in [6, 6.07) is 11.8. The number of benzene rings is 1. The topological polar surface area (TPSA) is 49.2 Å². The number of hydrogen-bond acceptors (Lipinski definition) is 4. The van der Waals surface area contributed by atoms with Crippen molar-refractivity contribution < 1.29 is 9.13 Å². The summed E-state index contributed by atoms with van der Waals surface area (Å²) in [7, 11) is 0. The Morgan fingerprint density at radius 2 is 2.00 bits per heavy atom. The predicted molar refractivity (Wildman–Crippen MR) is 85.9 cm³/mol. The van der Waals surface area contributed by atoms with Crippen LogP contribution in [0.15, 0.2) is 36.4 Å². The predicted octanol–water partition coefficient (Wildman–Crippen LogP) is 3.71. The summed E-state index contributed by atoms with van der Waals surface area (Å²) in [6.07, 6.45) is -0.191. The minimum absolute atomic E-state index is 0.0122. The summed E-state index contributed by atoms with van der Waals surface area (Å²) in [5.41, 5.74) is 1.12. The molecule has 0 aliphatic carbocycles. The van der Waals surface area contributed by atoms with Crippen LogP contribution in [-0.2, 0) is 4.74 Å². The average Bonchev–Trinajstić information content (AvgIpc) is 2.55. The fraction of sp³-hybridized carbons (Fsp3) is 0.294. The number of rotatable bonds is 2. The van der Waals surface area contributed by atoms with Gasteiger partial charge in [0, 0.05) is 13.1 Å². The molecular formula is C17H15ClFN3O. The Morgan fingerprint density at radius 1 is 1.26 bits per heavy atom. The standard InChI is InChI=1S/C17H15ClFN3O/c1-11-9-22(17-7-6-14(18)15(8-20)21-17)10-16(23-11)12-2-4-13(19)5-3-12/h2-7,11,16H,9-10H2,1H3. The van der Waals surface area contributed by atoms with E-state index in [0.717, 1.165) is 5.56 Å². The zero-order valence-corrected chi connectivity index (χ0v) is 13.3. The minimum Gasteiger partial charge on any atom is -0.367 e. The second kappa shape index (κ2) is 6.53. The molecule has 3 rings (SSSR count). The third kappa shape index (κ3) is 3.44. The molecule has 1 aromatic carbocycles. The Kier molecular flexibility index (Phi) is 4.46. The number of anilines is 1. The molecule has 0 amide bonds. The molecule has 2 atom stereocenters. The molecule has 118 valence electrons. The Morgan fingerprint density at radius 3 is 2.70 bits per heavy atom. The van der Waals surface area contributed by atoms with Crippen molar-refractivity contribution in [1.29, 1.82) is 5.26 Å². The van der Waals surface area contributed by atoms with Crippen molar-refractivity contribution >= 4 is 17.4 Å².